The molecule has 0 saturated carbocycles. The molecule has 11 heavy (non-hydrogen) atoms. The first kappa shape index (κ1) is 6.22. The minimum absolute atomic E-state index is 0.00694. The molecule has 0 aliphatic carbocycles. The van der Waals surface area contributed by atoms with Gasteiger partial charge in [-0.15, -0.1) is 0 Å². The maximum Gasteiger partial charge on any atom is 0.332 e. The molecule has 0 atom stereocenters. The zero-order valence-corrected chi connectivity index (χ0v) is 6.19. The third kappa shape index (κ3) is 0.774. The van der Waals surface area contributed by atoms with E-state index in [1.165, 1.54) is 0 Å². The average molecular weight is 148 g/mol. The van der Waals surface area contributed by atoms with E-state index in [4.69, 9.17) is 0 Å². The normalized spacial score (nSPS) is 10.6. The molecule has 56 valence electrons. The lowest BCUT2D eigenvalue weighted by Crippen LogP contribution is -2.22. The number of aryl methyl sites for hydroxylation is 1. The minimum Gasteiger partial charge on any atom is -0.303 e. The van der Waals surface area contributed by atoms with Crippen LogP contribution in [0.2, 0.25) is 0 Å². The standard InChI is InChI=1S/C8H8N2O/c1-9-6-4-7-3-2-5-10(7)8(9)11/h2-6H,1H3. The summed E-state index contributed by atoms with van der Waals surface area (Å²) < 4.78 is 3.16. The Balaban J connectivity index is 3.05. The molecule has 2 rings (SSSR count). The summed E-state index contributed by atoms with van der Waals surface area (Å²) in [5.41, 5.74) is 0.931. The molecule has 2 heterocycles. The Morgan fingerprint density at radius 2 is 2.09 bits per heavy atom. The van der Waals surface area contributed by atoms with Crippen LogP contribution in [0.15, 0.2) is 35.4 Å². The number of fused-ring (bicyclic) bond motifs is 1. The summed E-state index contributed by atoms with van der Waals surface area (Å²) in [7, 11) is 1.74. The van der Waals surface area contributed by atoms with Crippen LogP contribution in [0.5, 0.6) is 0 Å². The second-order valence-electron chi connectivity index (χ2n) is 2.51. The van der Waals surface area contributed by atoms with Crippen molar-refractivity contribution in [3.8, 4) is 0 Å². The van der Waals surface area contributed by atoms with Gasteiger partial charge in [0.2, 0.25) is 0 Å². The number of aromatic nitrogens is 2. The summed E-state index contributed by atoms with van der Waals surface area (Å²) in [4.78, 5) is 11.3. The molecule has 0 unspecified atom stereocenters. The molecule has 0 fully saturated rings. The molecule has 0 spiro atoms. The third-order valence-corrected chi connectivity index (χ3v) is 1.76. The van der Waals surface area contributed by atoms with E-state index in [1.54, 1.807) is 28.4 Å². The lowest BCUT2D eigenvalue weighted by atomic mass is 10.5. The van der Waals surface area contributed by atoms with Gasteiger partial charge in [-0.1, -0.05) is 0 Å². The Morgan fingerprint density at radius 1 is 1.27 bits per heavy atom. The number of hydrogen-bond donors (Lipinski definition) is 0. The molecule has 0 N–H and O–H groups in total. The van der Waals surface area contributed by atoms with Gasteiger partial charge in [-0.2, -0.15) is 0 Å². The SMILES string of the molecule is Cn1ccc2cccn2c1=O. The van der Waals surface area contributed by atoms with Gasteiger partial charge >= 0.3 is 5.69 Å². The highest BCUT2D eigenvalue weighted by Crippen LogP contribution is 1.97. The van der Waals surface area contributed by atoms with Gasteiger partial charge in [0.25, 0.3) is 0 Å². The van der Waals surface area contributed by atoms with E-state index in [2.05, 4.69) is 0 Å². The highest BCUT2D eigenvalue weighted by atomic mass is 16.1. The first-order chi connectivity index (χ1) is 5.29. The summed E-state index contributed by atoms with van der Waals surface area (Å²) >= 11 is 0. The van der Waals surface area contributed by atoms with Crippen molar-refractivity contribution in [2.45, 2.75) is 0 Å². The largest absolute Gasteiger partial charge is 0.332 e. The fraction of sp³-hybridized carbons (Fsp3) is 0.125. The highest BCUT2D eigenvalue weighted by molar-refractivity contribution is 5.45. The molecular weight excluding hydrogens is 140 g/mol. The van der Waals surface area contributed by atoms with E-state index in [9.17, 15) is 4.79 Å². The van der Waals surface area contributed by atoms with Crippen molar-refractivity contribution in [3.63, 3.8) is 0 Å². The Morgan fingerprint density at radius 3 is 2.91 bits per heavy atom. The number of nitrogens with zero attached hydrogens (tertiary/aromatic N) is 2. The molecule has 3 nitrogen and oxygen atoms in total. The van der Waals surface area contributed by atoms with E-state index < -0.39 is 0 Å². The zero-order chi connectivity index (χ0) is 7.84. The van der Waals surface area contributed by atoms with Gasteiger partial charge in [-0.3, -0.25) is 4.40 Å². The van der Waals surface area contributed by atoms with E-state index in [-0.39, 0.29) is 5.69 Å². The van der Waals surface area contributed by atoms with Crippen molar-refractivity contribution in [1.82, 2.24) is 8.97 Å². The highest BCUT2D eigenvalue weighted by Gasteiger charge is 1.95. The molecule has 2 aromatic heterocycles. The number of rotatable bonds is 0. The second-order valence-corrected chi connectivity index (χ2v) is 2.51. The van der Waals surface area contributed by atoms with Crippen LogP contribution in [0.3, 0.4) is 0 Å². The first-order valence-electron chi connectivity index (χ1n) is 3.42. The van der Waals surface area contributed by atoms with Crippen LogP contribution in [-0.2, 0) is 7.05 Å². The zero-order valence-electron chi connectivity index (χ0n) is 6.19. The molecule has 3 heteroatoms. The molecule has 0 amide bonds. The van der Waals surface area contributed by atoms with Crippen molar-refractivity contribution >= 4 is 5.52 Å². The molecule has 2 aromatic rings. The van der Waals surface area contributed by atoms with Crippen LogP contribution in [-0.4, -0.2) is 8.97 Å². The second kappa shape index (κ2) is 1.99. The van der Waals surface area contributed by atoms with Gasteiger partial charge < -0.3 is 4.57 Å². The van der Waals surface area contributed by atoms with Crippen LogP contribution in [0, 0.1) is 0 Å². The lowest BCUT2D eigenvalue weighted by Gasteiger charge is -1.97. The Labute approximate surface area is 63.5 Å². The van der Waals surface area contributed by atoms with Gasteiger partial charge in [-0.25, -0.2) is 4.79 Å². The monoisotopic (exact) mass is 148 g/mol. The lowest BCUT2D eigenvalue weighted by molar-refractivity contribution is 0.791. The molecule has 0 bridgehead atoms. The van der Waals surface area contributed by atoms with Crippen molar-refractivity contribution in [3.05, 3.63) is 41.1 Å². The summed E-state index contributed by atoms with van der Waals surface area (Å²) in [6, 6.07) is 5.67. The quantitative estimate of drug-likeness (QED) is 0.538. The molecule has 0 aliphatic heterocycles. The van der Waals surface area contributed by atoms with Crippen molar-refractivity contribution in [2.24, 2.45) is 7.05 Å². The van der Waals surface area contributed by atoms with Gasteiger partial charge in [0.1, 0.15) is 0 Å². The Kier molecular flexibility index (Phi) is 1.12. The van der Waals surface area contributed by atoms with Gasteiger partial charge in [0.05, 0.1) is 5.52 Å². The van der Waals surface area contributed by atoms with E-state index in [0.717, 1.165) is 5.52 Å². The molecule has 0 aromatic carbocycles. The van der Waals surface area contributed by atoms with Crippen LogP contribution in [0.4, 0.5) is 0 Å². The summed E-state index contributed by atoms with van der Waals surface area (Å²) in [6.45, 7) is 0. The first-order valence-corrected chi connectivity index (χ1v) is 3.42. The molecule has 0 saturated heterocycles. The number of hydrogen-bond acceptors (Lipinski definition) is 1. The van der Waals surface area contributed by atoms with Gasteiger partial charge in [0, 0.05) is 19.4 Å². The van der Waals surface area contributed by atoms with E-state index >= 15 is 0 Å². The van der Waals surface area contributed by atoms with Crippen LogP contribution in [0.25, 0.3) is 5.52 Å². The van der Waals surface area contributed by atoms with Gasteiger partial charge in [0.15, 0.2) is 0 Å². The fourth-order valence-electron chi connectivity index (χ4n) is 1.13. The van der Waals surface area contributed by atoms with Crippen LogP contribution < -0.4 is 5.69 Å². The Bertz CT molecular complexity index is 439. The fourth-order valence-corrected chi connectivity index (χ4v) is 1.13. The summed E-state index contributed by atoms with van der Waals surface area (Å²) in [5, 5.41) is 0. The van der Waals surface area contributed by atoms with Crippen LogP contribution >= 0.6 is 0 Å². The van der Waals surface area contributed by atoms with Crippen molar-refractivity contribution < 1.29 is 0 Å². The predicted octanol–water partition coefficient (Wildman–Crippen LogP) is 0.638. The average Bonchev–Trinajstić information content (AvgIpc) is 2.45. The van der Waals surface area contributed by atoms with Crippen LogP contribution in [0.1, 0.15) is 0 Å². The summed E-state index contributed by atoms with van der Waals surface area (Å²) in [5.74, 6) is 0. The minimum atomic E-state index is -0.00694. The third-order valence-electron chi connectivity index (χ3n) is 1.76. The maximum atomic E-state index is 11.3. The predicted molar refractivity (Wildman–Crippen MR) is 42.6 cm³/mol. The molecule has 0 aliphatic rings. The molecule has 0 radical (unpaired) electrons. The topological polar surface area (TPSA) is 26.4 Å². The van der Waals surface area contributed by atoms with Crippen molar-refractivity contribution in [1.29, 1.82) is 0 Å². The van der Waals surface area contributed by atoms with E-state index in [1.807, 2.05) is 18.2 Å². The Hall–Kier alpha value is -1.51. The summed E-state index contributed by atoms with van der Waals surface area (Å²) in [6.07, 6.45) is 3.52. The molecular formula is C8H8N2O. The smallest absolute Gasteiger partial charge is 0.303 e. The van der Waals surface area contributed by atoms with E-state index in [0.29, 0.717) is 0 Å². The van der Waals surface area contributed by atoms with Crippen molar-refractivity contribution in [2.75, 3.05) is 0 Å². The maximum absolute atomic E-state index is 11.3. The van der Waals surface area contributed by atoms with Gasteiger partial charge in [-0.05, 0) is 18.2 Å².